The summed E-state index contributed by atoms with van der Waals surface area (Å²) in [5, 5.41) is 3.17. The average molecular weight is 323 g/mol. The Hall–Kier alpha value is -1.06. The van der Waals surface area contributed by atoms with E-state index >= 15 is 0 Å². The molecule has 4 heteroatoms. The molecule has 2 rings (SSSR count). The fourth-order valence-corrected chi connectivity index (χ4v) is 3.55. The Kier molecular flexibility index (Phi) is 7.20. The van der Waals surface area contributed by atoms with Crippen LogP contribution in [0.5, 0.6) is 0 Å². The van der Waals surface area contributed by atoms with Crippen LogP contribution in [-0.4, -0.2) is 19.0 Å². The summed E-state index contributed by atoms with van der Waals surface area (Å²) < 4.78 is 0. The Morgan fingerprint density at radius 3 is 2.50 bits per heavy atom. The van der Waals surface area contributed by atoms with Gasteiger partial charge in [-0.25, -0.2) is 4.84 Å². The number of halogens is 1. The molecule has 1 aromatic carbocycles. The maximum Gasteiger partial charge on any atom is 0.220 e. The highest BCUT2D eigenvalue weighted by Crippen LogP contribution is 2.40. The molecular formula is C18H27ClN2O. The Morgan fingerprint density at radius 1 is 1.09 bits per heavy atom. The van der Waals surface area contributed by atoms with Gasteiger partial charge in [-0.2, -0.15) is 0 Å². The summed E-state index contributed by atoms with van der Waals surface area (Å²) in [5.41, 5.74) is 1.53. The zero-order valence-corrected chi connectivity index (χ0v) is 14.0. The van der Waals surface area contributed by atoms with Crippen LogP contribution < -0.4 is 10.2 Å². The molecule has 0 spiro atoms. The van der Waals surface area contributed by atoms with E-state index in [-0.39, 0.29) is 11.3 Å². The molecule has 1 aromatic rings. The molecule has 0 aliphatic heterocycles. The Bertz CT molecular complexity index is 444. The summed E-state index contributed by atoms with van der Waals surface area (Å²) in [6.45, 7) is 1.58. The first-order valence-electron chi connectivity index (χ1n) is 8.43. The van der Waals surface area contributed by atoms with E-state index in [0.29, 0.717) is 6.42 Å². The molecule has 2 N–H and O–H groups in total. The van der Waals surface area contributed by atoms with E-state index in [1.54, 1.807) is 0 Å². The van der Waals surface area contributed by atoms with Crippen LogP contribution in [0.15, 0.2) is 30.3 Å². The molecule has 0 atom stereocenters. The number of hydrogen-bond donors (Lipinski definition) is 2. The van der Waals surface area contributed by atoms with Crippen LogP contribution in [0, 0.1) is 0 Å². The summed E-state index contributed by atoms with van der Waals surface area (Å²) in [7, 11) is 0. The number of unbranched alkanes of at least 4 members (excludes halogenated alkanes) is 2. The maximum atomic E-state index is 12.1. The molecule has 1 aliphatic rings. The normalized spacial score (nSPS) is 16.6. The first kappa shape index (κ1) is 17.3. The highest BCUT2D eigenvalue weighted by molar-refractivity contribution is 6.13. The fraction of sp³-hybridized carbons (Fsp3) is 0.611. The number of benzene rings is 1. The molecule has 122 valence electrons. The topological polar surface area (TPSA) is 41.1 Å². The molecule has 0 unspecified atom stereocenters. The van der Waals surface area contributed by atoms with Gasteiger partial charge in [0.1, 0.15) is 0 Å². The van der Waals surface area contributed by atoms with Gasteiger partial charge in [0.05, 0.1) is 0 Å². The minimum Gasteiger partial charge on any atom is -0.355 e. The van der Waals surface area contributed by atoms with Gasteiger partial charge < -0.3 is 5.32 Å². The smallest absolute Gasteiger partial charge is 0.220 e. The van der Waals surface area contributed by atoms with Crippen molar-refractivity contribution in [3.8, 4) is 0 Å². The van der Waals surface area contributed by atoms with Gasteiger partial charge in [0.25, 0.3) is 0 Å². The minimum atomic E-state index is 0.152. The van der Waals surface area contributed by atoms with Gasteiger partial charge in [-0.3, -0.25) is 4.79 Å². The fourth-order valence-electron chi connectivity index (χ4n) is 3.42. The van der Waals surface area contributed by atoms with Crippen LogP contribution in [0.2, 0.25) is 0 Å². The van der Waals surface area contributed by atoms with E-state index in [0.717, 1.165) is 32.4 Å². The van der Waals surface area contributed by atoms with Crippen molar-refractivity contribution in [2.75, 3.05) is 13.1 Å². The van der Waals surface area contributed by atoms with Crippen molar-refractivity contribution in [2.45, 2.75) is 56.8 Å². The molecule has 0 bridgehead atoms. The summed E-state index contributed by atoms with van der Waals surface area (Å²) >= 11 is 5.41. The van der Waals surface area contributed by atoms with E-state index < -0.39 is 0 Å². The number of carbonyl (C=O) groups excluding carboxylic acids is 1. The number of rotatable bonds is 9. The highest BCUT2D eigenvalue weighted by atomic mass is 35.5. The van der Waals surface area contributed by atoms with Crippen molar-refractivity contribution in [3.63, 3.8) is 0 Å². The van der Waals surface area contributed by atoms with Crippen LogP contribution in [0.3, 0.4) is 0 Å². The van der Waals surface area contributed by atoms with Gasteiger partial charge in [-0.05, 0) is 43.0 Å². The van der Waals surface area contributed by atoms with Crippen molar-refractivity contribution in [1.82, 2.24) is 10.2 Å². The van der Waals surface area contributed by atoms with E-state index in [4.69, 9.17) is 11.8 Å². The molecule has 0 radical (unpaired) electrons. The Morgan fingerprint density at radius 2 is 1.82 bits per heavy atom. The first-order valence-corrected chi connectivity index (χ1v) is 8.80. The number of nitrogens with one attached hydrogen (secondary N) is 2. The molecule has 1 aliphatic carbocycles. The Balaban J connectivity index is 1.79. The lowest BCUT2D eigenvalue weighted by Gasteiger charge is -2.30. The zero-order chi connectivity index (χ0) is 15.7. The van der Waals surface area contributed by atoms with Crippen LogP contribution in [0.1, 0.15) is 56.9 Å². The monoisotopic (exact) mass is 322 g/mol. The average Bonchev–Trinajstić information content (AvgIpc) is 3.04. The molecule has 0 aromatic heterocycles. The molecule has 22 heavy (non-hydrogen) atoms. The molecule has 1 saturated carbocycles. The first-order chi connectivity index (χ1) is 10.8. The second-order valence-corrected chi connectivity index (χ2v) is 6.59. The molecular weight excluding hydrogens is 296 g/mol. The zero-order valence-electron chi connectivity index (χ0n) is 13.2. The lowest BCUT2D eigenvalue weighted by molar-refractivity contribution is -0.121. The number of amides is 1. The third-order valence-corrected chi connectivity index (χ3v) is 4.93. The highest BCUT2D eigenvalue weighted by Gasteiger charge is 2.35. The van der Waals surface area contributed by atoms with Crippen LogP contribution in [-0.2, 0) is 10.2 Å². The molecule has 1 amide bonds. The number of hydrogen-bond acceptors (Lipinski definition) is 2. The lowest BCUT2D eigenvalue weighted by atomic mass is 9.79. The Labute approximate surface area is 138 Å². The lowest BCUT2D eigenvalue weighted by Crippen LogP contribution is -2.38. The molecule has 0 saturated heterocycles. The summed E-state index contributed by atoms with van der Waals surface area (Å²) in [4.78, 5) is 14.7. The van der Waals surface area contributed by atoms with E-state index in [1.807, 2.05) is 0 Å². The van der Waals surface area contributed by atoms with Crippen molar-refractivity contribution < 1.29 is 4.79 Å². The SMILES string of the molecule is O=C(CCCCCNCl)NCC1(c2ccccc2)CCCC1. The van der Waals surface area contributed by atoms with Gasteiger partial charge >= 0.3 is 0 Å². The van der Waals surface area contributed by atoms with Gasteiger partial charge in [0, 0.05) is 24.9 Å². The second-order valence-electron chi connectivity index (χ2n) is 6.32. The largest absolute Gasteiger partial charge is 0.355 e. The summed E-state index contributed by atoms with van der Waals surface area (Å²) in [5.74, 6) is 0.182. The van der Waals surface area contributed by atoms with Crippen molar-refractivity contribution in [3.05, 3.63) is 35.9 Å². The third-order valence-electron chi connectivity index (χ3n) is 4.75. The molecule has 0 heterocycles. The van der Waals surface area contributed by atoms with E-state index in [2.05, 4.69) is 40.5 Å². The van der Waals surface area contributed by atoms with Crippen molar-refractivity contribution in [1.29, 1.82) is 0 Å². The minimum absolute atomic E-state index is 0.152. The summed E-state index contributed by atoms with van der Waals surface area (Å²) in [6.07, 6.45) is 8.49. The van der Waals surface area contributed by atoms with Crippen LogP contribution >= 0.6 is 11.8 Å². The number of carbonyl (C=O) groups is 1. The van der Waals surface area contributed by atoms with Crippen LogP contribution in [0.4, 0.5) is 0 Å². The van der Waals surface area contributed by atoms with Gasteiger partial charge in [-0.1, -0.05) is 49.6 Å². The quantitative estimate of drug-likeness (QED) is 0.534. The van der Waals surface area contributed by atoms with Gasteiger partial charge in [-0.15, -0.1) is 0 Å². The second kappa shape index (κ2) is 9.16. The van der Waals surface area contributed by atoms with Gasteiger partial charge in [0.15, 0.2) is 0 Å². The standard InChI is InChI=1S/C18H27ClN2O/c19-21-14-8-2-5-11-17(22)20-15-18(12-6-7-13-18)16-9-3-1-4-10-16/h1,3-4,9-10,21H,2,5-8,11-15H2,(H,20,22). The molecule has 1 fully saturated rings. The maximum absolute atomic E-state index is 12.1. The van der Waals surface area contributed by atoms with Crippen molar-refractivity contribution in [2.24, 2.45) is 0 Å². The summed E-state index contributed by atoms with van der Waals surface area (Å²) in [6, 6.07) is 10.7. The van der Waals surface area contributed by atoms with Crippen LogP contribution in [0.25, 0.3) is 0 Å². The molecule has 3 nitrogen and oxygen atoms in total. The van der Waals surface area contributed by atoms with E-state index in [1.165, 1.54) is 31.2 Å². The predicted molar refractivity (Wildman–Crippen MR) is 91.9 cm³/mol. The van der Waals surface area contributed by atoms with Crippen molar-refractivity contribution >= 4 is 17.7 Å². The van der Waals surface area contributed by atoms with E-state index in [9.17, 15) is 4.79 Å². The predicted octanol–water partition coefficient (Wildman–Crippen LogP) is 3.92. The van der Waals surface area contributed by atoms with Gasteiger partial charge in [0.2, 0.25) is 5.91 Å². The third kappa shape index (κ3) is 4.99.